The summed E-state index contributed by atoms with van der Waals surface area (Å²) in [5, 5.41) is 20.3. The Morgan fingerprint density at radius 1 is 0.800 bits per heavy atom. The highest BCUT2D eigenvalue weighted by Crippen LogP contribution is 2.17. The fourth-order valence-electron chi connectivity index (χ4n) is 4.38. The topological polar surface area (TPSA) is 111 Å². The number of rotatable bonds is 19. The predicted molar refractivity (Wildman–Crippen MR) is 158 cm³/mol. The molecular weight excluding hydrogens is 512 g/mol. The standard InChI is InChI=1S/C30H50N4O6/c1-7-12-32(22-27-29(37)25(35)10-20-39-27)15-14-31(4)16-18-34(5,6)19-17-33(13-9-24(3)8-2)23-28-30(38)26(36)11-21-40-28/h10-11,20-21,24H,7-9,12-19,22-23H2,1-6H3,(H-,37,38)/p+1. The average molecular weight is 564 g/mol. The molecule has 1 unspecified atom stereocenters. The normalized spacial score (nSPS) is 13.0. The van der Waals surface area contributed by atoms with Crippen molar-refractivity contribution in [2.45, 2.75) is 53.1 Å². The van der Waals surface area contributed by atoms with E-state index in [0.29, 0.717) is 30.5 Å². The van der Waals surface area contributed by atoms with E-state index in [1.54, 1.807) is 0 Å². The summed E-state index contributed by atoms with van der Waals surface area (Å²) in [7, 11) is 6.57. The summed E-state index contributed by atoms with van der Waals surface area (Å²) in [6.07, 6.45) is 5.80. The summed E-state index contributed by atoms with van der Waals surface area (Å²) in [5.41, 5.74) is -0.830. The van der Waals surface area contributed by atoms with E-state index in [0.717, 1.165) is 76.1 Å². The van der Waals surface area contributed by atoms with Gasteiger partial charge >= 0.3 is 0 Å². The van der Waals surface area contributed by atoms with Crippen molar-refractivity contribution < 1.29 is 23.5 Å². The lowest BCUT2D eigenvalue weighted by molar-refractivity contribution is -0.889. The third kappa shape index (κ3) is 11.4. The van der Waals surface area contributed by atoms with E-state index in [-0.39, 0.29) is 11.5 Å². The fourth-order valence-corrected chi connectivity index (χ4v) is 4.38. The van der Waals surface area contributed by atoms with Crippen LogP contribution >= 0.6 is 0 Å². The number of aromatic hydroxyl groups is 2. The number of hydrogen-bond donors (Lipinski definition) is 2. The molecular formula is C30H51N4O6+. The van der Waals surface area contributed by atoms with Crippen LogP contribution in [0.3, 0.4) is 0 Å². The van der Waals surface area contributed by atoms with Gasteiger partial charge in [0, 0.05) is 38.3 Å². The molecule has 0 fully saturated rings. The van der Waals surface area contributed by atoms with Crippen molar-refractivity contribution in [2.24, 2.45) is 5.92 Å². The summed E-state index contributed by atoms with van der Waals surface area (Å²) in [6, 6.07) is 2.47. The maximum Gasteiger partial charge on any atom is 0.226 e. The number of likely N-dealkylation sites (N-methyl/N-ethyl adjacent to an activating group) is 2. The van der Waals surface area contributed by atoms with Gasteiger partial charge in [-0.05, 0) is 38.9 Å². The molecule has 0 amide bonds. The molecule has 10 nitrogen and oxygen atoms in total. The molecule has 226 valence electrons. The van der Waals surface area contributed by atoms with E-state index in [4.69, 9.17) is 8.83 Å². The highest BCUT2D eigenvalue weighted by Gasteiger charge is 2.21. The van der Waals surface area contributed by atoms with Gasteiger partial charge in [-0.15, -0.1) is 0 Å². The molecule has 2 aromatic heterocycles. The van der Waals surface area contributed by atoms with E-state index in [1.807, 2.05) is 0 Å². The molecule has 0 bridgehead atoms. The first-order valence-electron chi connectivity index (χ1n) is 14.5. The van der Waals surface area contributed by atoms with Crippen molar-refractivity contribution in [3.05, 3.63) is 56.6 Å². The van der Waals surface area contributed by atoms with Gasteiger partial charge in [0.2, 0.25) is 22.4 Å². The molecule has 40 heavy (non-hydrogen) atoms. The zero-order valence-electron chi connectivity index (χ0n) is 25.4. The van der Waals surface area contributed by atoms with Gasteiger partial charge in [0.15, 0.2) is 11.5 Å². The van der Waals surface area contributed by atoms with Gasteiger partial charge in [-0.1, -0.05) is 27.2 Å². The van der Waals surface area contributed by atoms with Crippen molar-refractivity contribution in [1.29, 1.82) is 0 Å². The lowest BCUT2D eigenvalue weighted by Crippen LogP contribution is -2.49. The molecule has 0 spiro atoms. The highest BCUT2D eigenvalue weighted by molar-refractivity contribution is 5.23. The van der Waals surface area contributed by atoms with E-state index in [2.05, 4.69) is 56.6 Å². The van der Waals surface area contributed by atoms with Crippen LogP contribution in [0, 0.1) is 5.92 Å². The largest absolute Gasteiger partial charge is 0.502 e. The van der Waals surface area contributed by atoms with Crippen LogP contribution in [0.1, 0.15) is 51.6 Å². The van der Waals surface area contributed by atoms with Gasteiger partial charge in [-0.3, -0.25) is 24.3 Å². The Kier molecular flexibility index (Phi) is 13.9. The van der Waals surface area contributed by atoms with Crippen LogP contribution in [-0.4, -0.2) is 103 Å². The third-order valence-electron chi connectivity index (χ3n) is 7.67. The molecule has 0 saturated heterocycles. The molecule has 0 aliphatic carbocycles. The van der Waals surface area contributed by atoms with Crippen LogP contribution in [0.2, 0.25) is 0 Å². The van der Waals surface area contributed by atoms with Gasteiger partial charge in [0.1, 0.15) is 0 Å². The smallest absolute Gasteiger partial charge is 0.226 e. The predicted octanol–water partition coefficient (Wildman–Crippen LogP) is 3.16. The second-order valence-corrected chi connectivity index (χ2v) is 11.7. The van der Waals surface area contributed by atoms with Crippen LogP contribution in [0.4, 0.5) is 0 Å². The summed E-state index contributed by atoms with van der Waals surface area (Å²) < 4.78 is 11.7. The molecule has 0 aliphatic rings. The molecule has 2 aromatic rings. The average Bonchev–Trinajstić information content (AvgIpc) is 2.92. The zero-order valence-corrected chi connectivity index (χ0v) is 25.4. The Labute approximate surface area is 239 Å². The SMILES string of the molecule is CCCN(CCN(C)CC[N+](C)(C)CCN(CCC(C)CC)Cc1occc(=O)c1O)Cc1occc(=O)c1O. The minimum atomic E-state index is -0.418. The van der Waals surface area contributed by atoms with Crippen LogP contribution in [0.25, 0.3) is 0 Å². The Hall–Kier alpha value is -2.66. The molecule has 0 saturated carbocycles. The molecule has 2 N–H and O–H groups in total. The molecule has 0 radical (unpaired) electrons. The Morgan fingerprint density at radius 2 is 1.32 bits per heavy atom. The third-order valence-corrected chi connectivity index (χ3v) is 7.67. The van der Waals surface area contributed by atoms with Gasteiger partial charge < -0.3 is 23.5 Å². The van der Waals surface area contributed by atoms with E-state index in [1.165, 1.54) is 24.7 Å². The lowest BCUT2D eigenvalue weighted by Gasteiger charge is -2.34. The number of quaternary nitrogens is 1. The minimum Gasteiger partial charge on any atom is -0.502 e. The maximum absolute atomic E-state index is 11.9. The van der Waals surface area contributed by atoms with Crippen molar-refractivity contribution >= 4 is 0 Å². The van der Waals surface area contributed by atoms with Gasteiger partial charge in [0.25, 0.3) is 0 Å². The first kappa shape index (κ1) is 33.5. The van der Waals surface area contributed by atoms with E-state index < -0.39 is 10.9 Å². The van der Waals surface area contributed by atoms with Crippen LogP contribution < -0.4 is 10.9 Å². The second kappa shape index (κ2) is 16.6. The Morgan fingerprint density at radius 3 is 1.85 bits per heavy atom. The van der Waals surface area contributed by atoms with Crippen LogP contribution in [-0.2, 0) is 13.1 Å². The summed E-state index contributed by atoms with van der Waals surface area (Å²) >= 11 is 0. The van der Waals surface area contributed by atoms with Gasteiger partial charge in [0.05, 0.1) is 52.8 Å². The van der Waals surface area contributed by atoms with Gasteiger partial charge in [-0.2, -0.15) is 0 Å². The maximum atomic E-state index is 11.9. The molecule has 0 aliphatic heterocycles. The summed E-state index contributed by atoms with van der Waals surface area (Å²) in [4.78, 5) is 30.4. The van der Waals surface area contributed by atoms with E-state index in [9.17, 15) is 19.8 Å². The molecule has 1 atom stereocenters. The van der Waals surface area contributed by atoms with Crippen LogP contribution in [0.5, 0.6) is 11.5 Å². The Balaban J connectivity index is 1.89. The quantitative estimate of drug-likeness (QED) is 0.249. The first-order chi connectivity index (χ1) is 19.0. The monoisotopic (exact) mass is 563 g/mol. The van der Waals surface area contributed by atoms with Crippen LogP contribution in [0.15, 0.2) is 43.1 Å². The summed E-state index contributed by atoms with van der Waals surface area (Å²) in [5.74, 6) is 0.625. The number of nitrogens with zero attached hydrogens (tertiary/aromatic N) is 4. The highest BCUT2D eigenvalue weighted by atomic mass is 16.4. The van der Waals surface area contributed by atoms with Crippen molar-refractivity contribution in [3.63, 3.8) is 0 Å². The van der Waals surface area contributed by atoms with Gasteiger partial charge in [-0.25, -0.2) is 0 Å². The lowest BCUT2D eigenvalue weighted by atomic mass is 10.1. The van der Waals surface area contributed by atoms with Crippen molar-refractivity contribution in [1.82, 2.24) is 14.7 Å². The second-order valence-electron chi connectivity index (χ2n) is 11.7. The first-order valence-corrected chi connectivity index (χ1v) is 14.5. The number of hydrogen-bond acceptors (Lipinski definition) is 9. The van der Waals surface area contributed by atoms with E-state index >= 15 is 0 Å². The molecule has 10 heteroatoms. The minimum absolute atomic E-state index is 0.298. The molecule has 0 aromatic carbocycles. The molecule has 2 heterocycles. The zero-order chi connectivity index (χ0) is 29.7. The van der Waals surface area contributed by atoms with Crippen molar-refractivity contribution in [2.75, 3.05) is 73.5 Å². The van der Waals surface area contributed by atoms with Crippen molar-refractivity contribution in [3.8, 4) is 11.5 Å². The summed E-state index contributed by atoms with van der Waals surface area (Å²) in [6.45, 7) is 14.3. The molecule has 2 rings (SSSR count). The fraction of sp³-hybridized carbons (Fsp3) is 0.667. The Bertz CT molecular complexity index is 1130.